The summed E-state index contributed by atoms with van der Waals surface area (Å²) in [5.74, 6) is 0. The van der Waals surface area contributed by atoms with E-state index in [1.165, 1.54) is 36.7 Å². The number of nitrogens with zero attached hydrogens (tertiary/aromatic N) is 2. The third-order valence-corrected chi connectivity index (χ3v) is 4.48. The molecule has 0 N–H and O–H groups in total. The van der Waals surface area contributed by atoms with E-state index in [4.69, 9.17) is 0 Å². The lowest BCUT2D eigenvalue weighted by Crippen LogP contribution is -2.32. The maximum absolute atomic E-state index is 2.52. The molecule has 0 saturated carbocycles. The quantitative estimate of drug-likeness (QED) is 0.682. The molecule has 4 rings (SSSR count). The summed E-state index contributed by atoms with van der Waals surface area (Å²) < 4.78 is 2.43. The molecule has 2 aliphatic heterocycles. The van der Waals surface area contributed by atoms with E-state index in [1.807, 2.05) is 0 Å². The summed E-state index contributed by atoms with van der Waals surface area (Å²) in [6, 6.07) is 9.43. The number of rotatable bonds is 0. The van der Waals surface area contributed by atoms with Gasteiger partial charge in [0, 0.05) is 23.8 Å². The van der Waals surface area contributed by atoms with Crippen molar-refractivity contribution < 1.29 is 0 Å². The number of fused-ring (bicyclic) bond motifs is 3. The van der Waals surface area contributed by atoms with E-state index < -0.39 is 0 Å². The minimum atomic E-state index is 0.594. The zero-order chi connectivity index (χ0) is 12.1. The van der Waals surface area contributed by atoms with Crippen LogP contribution in [0.15, 0.2) is 30.3 Å². The van der Waals surface area contributed by atoms with Crippen LogP contribution in [-0.4, -0.2) is 23.1 Å². The topological polar surface area (TPSA) is 8.17 Å². The van der Waals surface area contributed by atoms with Crippen LogP contribution in [0.2, 0.25) is 0 Å². The van der Waals surface area contributed by atoms with Gasteiger partial charge in [0.2, 0.25) is 0 Å². The van der Waals surface area contributed by atoms with Crippen LogP contribution in [0.3, 0.4) is 0 Å². The van der Waals surface area contributed by atoms with Gasteiger partial charge in [0.05, 0.1) is 11.6 Å². The molecule has 18 heavy (non-hydrogen) atoms. The average Bonchev–Trinajstić information content (AvgIpc) is 2.57. The lowest BCUT2D eigenvalue weighted by Gasteiger charge is -2.33. The maximum Gasteiger partial charge on any atom is 0.0528 e. The van der Waals surface area contributed by atoms with Crippen LogP contribution in [-0.2, 0) is 6.42 Å². The summed E-state index contributed by atoms with van der Waals surface area (Å²) in [4.78, 5) is 2.52. The molecular weight excluding hydrogens is 220 g/mol. The van der Waals surface area contributed by atoms with E-state index in [0.29, 0.717) is 6.04 Å². The minimum Gasteiger partial charge on any atom is -0.319 e. The molecule has 0 unspecified atom stereocenters. The van der Waals surface area contributed by atoms with Crippen LogP contribution < -0.4 is 0 Å². The van der Waals surface area contributed by atoms with Gasteiger partial charge in [-0.25, -0.2) is 0 Å². The first kappa shape index (κ1) is 10.4. The zero-order valence-electron chi connectivity index (χ0n) is 10.8. The third kappa shape index (κ3) is 1.27. The van der Waals surface area contributed by atoms with E-state index in [0.717, 1.165) is 0 Å². The molecule has 0 radical (unpaired) electrons. The fourth-order valence-corrected chi connectivity index (χ4v) is 3.58. The number of likely N-dealkylation sites (N-methyl/N-ethyl adjacent to an activating group) is 1. The van der Waals surface area contributed by atoms with Gasteiger partial charge >= 0.3 is 0 Å². The van der Waals surface area contributed by atoms with Crippen molar-refractivity contribution in [2.45, 2.75) is 25.3 Å². The summed E-state index contributed by atoms with van der Waals surface area (Å²) in [5.41, 5.74) is 4.50. The van der Waals surface area contributed by atoms with Gasteiger partial charge in [-0.05, 0) is 37.9 Å². The number of benzene rings is 1. The molecule has 2 aliphatic rings. The normalized spacial score (nSPS) is 23.1. The number of aromatic nitrogens is 1. The SMILES string of the molecule is CN1CCc2c3n(c4ccccc24)C=CCC[C@H]31. The monoisotopic (exact) mass is 238 g/mol. The number of hydrogen-bond donors (Lipinski definition) is 0. The Labute approximate surface area is 108 Å². The summed E-state index contributed by atoms with van der Waals surface area (Å²) in [5, 5.41) is 1.46. The highest BCUT2D eigenvalue weighted by Gasteiger charge is 2.30. The lowest BCUT2D eigenvalue weighted by molar-refractivity contribution is 0.216. The molecule has 1 atom stereocenters. The molecule has 92 valence electrons. The highest BCUT2D eigenvalue weighted by Crippen LogP contribution is 2.40. The molecule has 3 heterocycles. The van der Waals surface area contributed by atoms with Crippen molar-refractivity contribution in [2.24, 2.45) is 0 Å². The standard InChI is InChI=1S/C16H18N2/c1-17-11-9-13-12-6-2-3-7-14(12)18-10-5-4-8-15(17)16(13)18/h2-3,5-7,10,15H,4,8-9,11H2,1H3/t15-/m1/s1. The lowest BCUT2D eigenvalue weighted by atomic mass is 9.95. The zero-order valence-corrected chi connectivity index (χ0v) is 10.8. The smallest absolute Gasteiger partial charge is 0.0528 e. The number of para-hydroxylation sites is 1. The number of hydrogen-bond acceptors (Lipinski definition) is 1. The van der Waals surface area contributed by atoms with Crippen LogP contribution in [0, 0.1) is 0 Å². The van der Waals surface area contributed by atoms with Crippen molar-refractivity contribution in [3.63, 3.8) is 0 Å². The van der Waals surface area contributed by atoms with Crippen LogP contribution in [0.5, 0.6) is 0 Å². The molecule has 2 aromatic rings. The molecule has 0 fully saturated rings. The molecule has 1 aromatic carbocycles. The minimum absolute atomic E-state index is 0.594. The van der Waals surface area contributed by atoms with Crippen molar-refractivity contribution in [1.29, 1.82) is 0 Å². The van der Waals surface area contributed by atoms with Gasteiger partial charge in [0.25, 0.3) is 0 Å². The first-order valence-electron chi connectivity index (χ1n) is 6.85. The largest absolute Gasteiger partial charge is 0.319 e. The van der Waals surface area contributed by atoms with E-state index >= 15 is 0 Å². The van der Waals surface area contributed by atoms with Crippen molar-refractivity contribution >= 4 is 17.1 Å². The Morgan fingerprint density at radius 1 is 1.22 bits per heavy atom. The second kappa shape index (κ2) is 3.72. The Hall–Kier alpha value is -1.54. The molecule has 0 spiro atoms. The fraction of sp³-hybridized carbons (Fsp3) is 0.375. The summed E-state index contributed by atoms with van der Waals surface area (Å²) >= 11 is 0. The van der Waals surface area contributed by atoms with Crippen LogP contribution >= 0.6 is 0 Å². The average molecular weight is 238 g/mol. The second-order valence-electron chi connectivity index (χ2n) is 5.46. The molecule has 0 saturated heterocycles. The summed E-state index contributed by atoms with van der Waals surface area (Å²) in [6.07, 6.45) is 8.21. The first-order chi connectivity index (χ1) is 8.86. The predicted molar refractivity (Wildman–Crippen MR) is 75.6 cm³/mol. The summed E-state index contributed by atoms with van der Waals surface area (Å²) in [7, 11) is 2.26. The van der Waals surface area contributed by atoms with Gasteiger partial charge in [-0.15, -0.1) is 0 Å². The first-order valence-corrected chi connectivity index (χ1v) is 6.85. The van der Waals surface area contributed by atoms with E-state index in [2.05, 4.69) is 53.1 Å². The van der Waals surface area contributed by atoms with Crippen LogP contribution in [0.1, 0.15) is 30.1 Å². The Morgan fingerprint density at radius 3 is 3.06 bits per heavy atom. The Balaban J connectivity index is 2.10. The number of allylic oxidation sites excluding steroid dienone is 1. The molecular formula is C16H18N2. The van der Waals surface area contributed by atoms with E-state index in [9.17, 15) is 0 Å². The molecule has 0 amide bonds. The fourth-order valence-electron chi connectivity index (χ4n) is 3.58. The summed E-state index contributed by atoms with van der Waals surface area (Å²) in [6.45, 7) is 1.19. The molecule has 0 aliphatic carbocycles. The van der Waals surface area contributed by atoms with Crippen molar-refractivity contribution in [3.05, 3.63) is 41.6 Å². The van der Waals surface area contributed by atoms with Gasteiger partial charge in [-0.3, -0.25) is 4.90 Å². The molecule has 2 heteroatoms. The Morgan fingerprint density at radius 2 is 2.11 bits per heavy atom. The maximum atomic E-state index is 2.52. The highest BCUT2D eigenvalue weighted by atomic mass is 15.2. The van der Waals surface area contributed by atoms with E-state index in [1.54, 1.807) is 11.3 Å². The predicted octanol–water partition coefficient (Wildman–Crippen LogP) is 3.43. The van der Waals surface area contributed by atoms with Crippen LogP contribution in [0.4, 0.5) is 0 Å². The van der Waals surface area contributed by atoms with E-state index in [-0.39, 0.29) is 0 Å². The third-order valence-electron chi connectivity index (χ3n) is 4.48. The van der Waals surface area contributed by atoms with Gasteiger partial charge < -0.3 is 4.57 Å². The molecule has 2 nitrogen and oxygen atoms in total. The Kier molecular flexibility index (Phi) is 2.15. The Bertz CT molecular complexity index is 636. The van der Waals surface area contributed by atoms with Gasteiger partial charge in [-0.2, -0.15) is 0 Å². The van der Waals surface area contributed by atoms with Crippen molar-refractivity contribution in [2.75, 3.05) is 13.6 Å². The molecule has 0 bridgehead atoms. The van der Waals surface area contributed by atoms with Crippen molar-refractivity contribution in [3.8, 4) is 0 Å². The molecule has 1 aromatic heterocycles. The van der Waals surface area contributed by atoms with Crippen molar-refractivity contribution in [1.82, 2.24) is 9.47 Å². The van der Waals surface area contributed by atoms with Gasteiger partial charge in [0.15, 0.2) is 0 Å². The highest BCUT2D eigenvalue weighted by molar-refractivity contribution is 5.88. The van der Waals surface area contributed by atoms with Crippen LogP contribution in [0.25, 0.3) is 17.1 Å². The van der Waals surface area contributed by atoms with Gasteiger partial charge in [0.1, 0.15) is 0 Å². The van der Waals surface area contributed by atoms with Gasteiger partial charge in [-0.1, -0.05) is 24.3 Å². The second-order valence-corrected chi connectivity index (χ2v) is 5.46.